The molecule has 0 bridgehead atoms. The molecular weight excluding hydrogens is 425 g/mol. The van der Waals surface area contributed by atoms with Crippen molar-refractivity contribution in [3.63, 3.8) is 0 Å². The van der Waals surface area contributed by atoms with Crippen molar-refractivity contribution in [3.05, 3.63) is 39.5 Å². The lowest BCUT2D eigenvalue weighted by molar-refractivity contribution is 0.102. The number of halogens is 1. The van der Waals surface area contributed by atoms with Gasteiger partial charge in [0.15, 0.2) is 11.5 Å². The van der Waals surface area contributed by atoms with E-state index < -0.39 is 0 Å². The number of methoxy groups -OCH3 is 4. The smallest absolute Gasteiger partial charge is 0.256 e. The van der Waals surface area contributed by atoms with Gasteiger partial charge in [-0.05, 0) is 34.7 Å². The molecule has 7 heteroatoms. The van der Waals surface area contributed by atoms with Crippen molar-refractivity contribution in [2.75, 3.05) is 33.8 Å². The van der Waals surface area contributed by atoms with E-state index in [1.165, 1.54) is 7.11 Å². The van der Waals surface area contributed by atoms with Gasteiger partial charge in [-0.1, -0.05) is 0 Å². The zero-order valence-corrected chi connectivity index (χ0v) is 16.0. The zero-order chi connectivity index (χ0) is 17.7. The summed E-state index contributed by atoms with van der Waals surface area (Å²) in [7, 11) is 6.19. The molecule has 0 aliphatic carbocycles. The van der Waals surface area contributed by atoms with Crippen molar-refractivity contribution in [1.29, 1.82) is 0 Å². The lowest BCUT2D eigenvalue weighted by Crippen LogP contribution is -2.14. The Kier molecular flexibility index (Phi) is 6.13. The lowest BCUT2D eigenvalue weighted by atomic mass is 10.1. The Hall–Kier alpha value is -2.16. The number of carbonyl (C=O) groups is 1. The second kappa shape index (κ2) is 8.09. The van der Waals surface area contributed by atoms with Crippen LogP contribution in [0.3, 0.4) is 0 Å². The Morgan fingerprint density at radius 1 is 0.833 bits per heavy atom. The minimum atomic E-state index is -0.268. The fraction of sp³-hybridized carbons (Fsp3) is 0.235. The summed E-state index contributed by atoms with van der Waals surface area (Å²) < 4.78 is 21.7. The largest absolute Gasteiger partial charge is 0.497 e. The Bertz CT molecular complexity index is 726. The summed E-state index contributed by atoms with van der Waals surface area (Å²) in [6.07, 6.45) is 0. The molecule has 2 aromatic rings. The highest BCUT2D eigenvalue weighted by molar-refractivity contribution is 14.1. The van der Waals surface area contributed by atoms with Crippen LogP contribution in [0.15, 0.2) is 30.3 Å². The maximum absolute atomic E-state index is 12.6. The second-order valence-corrected chi connectivity index (χ2v) is 5.90. The Labute approximate surface area is 154 Å². The number of hydrogen-bond donors (Lipinski definition) is 1. The molecule has 0 saturated carbocycles. The average molecular weight is 443 g/mol. The molecule has 128 valence electrons. The van der Waals surface area contributed by atoms with Crippen LogP contribution in [0.1, 0.15) is 10.4 Å². The molecule has 6 nitrogen and oxygen atoms in total. The average Bonchev–Trinajstić information content (AvgIpc) is 2.60. The molecule has 0 radical (unpaired) electrons. The van der Waals surface area contributed by atoms with Gasteiger partial charge in [0.05, 0.1) is 34.0 Å². The molecule has 0 heterocycles. The number of rotatable bonds is 6. The van der Waals surface area contributed by atoms with Crippen molar-refractivity contribution in [1.82, 2.24) is 0 Å². The minimum Gasteiger partial charge on any atom is -0.497 e. The van der Waals surface area contributed by atoms with E-state index in [-0.39, 0.29) is 5.91 Å². The third kappa shape index (κ3) is 4.02. The molecule has 2 aromatic carbocycles. The summed E-state index contributed by atoms with van der Waals surface area (Å²) >= 11 is 2.08. The number of carbonyl (C=O) groups excluding carboxylic acids is 1. The maximum Gasteiger partial charge on any atom is 0.256 e. The fourth-order valence-electron chi connectivity index (χ4n) is 2.11. The highest BCUT2D eigenvalue weighted by Crippen LogP contribution is 2.32. The standard InChI is InChI=1S/C17H18INO5/c1-21-11-5-10(6-12(7-11)22-2)19-17(20)13-8-15(23-3)16(24-4)9-14(13)18/h5-9H,1-4H3,(H,19,20). The van der Waals surface area contributed by atoms with Crippen molar-refractivity contribution in [3.8, 4) is 23.0 Å². The molecular formula is C17H18INO5. The van der Waals surface area contributed by atoms with Gasteiger partial charge in [-0.25, -0.2) is 0 Å². The van der Waals surface area contributed by atoms with E-state index in [2.05, 4.69) is 27.9 Å². The normalized spacial score (nSPS) is 10.0. The summed E-state index contributed by atoms with van der Waals surface area (Å²) in [5, 5.41) is 2.84. The first-order chi connectivity index (χ1) is 11.5. The van der Waals surface area contributed by atoms with Crippen LogP contribution in [-0.4, -0.2) is 34.3 Å². The summed E-state index contributed by atoms with van der Waals surface area (Å²) in [6, 6.07) is 8.56. The summed E-state index contributed by atoms with van der Waals surface area (Å²) in [5.41, 5.74) is 1.05. The third-order valence-corrected chi connectivity index (χ3v) is 4.22. The number of ether oxygens (including phenoxy) is 4. The van der Waals surface area contributed by atoms with Crippen LogP contribution in [0.25, 0.3) is 0 Å². The molecule has 24 heavy (non-hydrogen) atoms. The highest BCUT2D eigenvalue weighted by Gasteiger charge is 2.16. The lowest BCUT2D eigenvalue weighted by Gasteiger charge is -2.13. The molecule has 0 atom stereocenters. The summed E-state index contributed by atoms with van der Waals surface area (Å²) in [6.45, 7) is 0. The molecule has 2 rings (SSSR count). The predicted molar refractivity (Wildman–Crippen MR) is 99.8 cm³/mol. The van der Waals surface area contributed by atoms with E-state index in [4.69, 9.17) is 18.9 Å². The highest BCUT2D eigenvalue weighted by atomic mass is 127. The van der Waals surface area contributed by atoms with Gasteiger partial charge in [0, 0.05) is 27.5 Å². The first-order valence-corrected chi connectivity index (χ1v) is 8.06. The monoisotopic (exact) mass is 443 g/mol. The number of hydrogen-bond acceptors (Lipinski definition) is 5. The van der Waals surface area contributed by atoms with Crippen LogP contribution < -0.4 is 24.3 Å². The first kappa shape index (κ1) is 18.2. The van der Waals surface area contributed by atoms with Gasteiger partial charge in [-0.2, -0.15) is 0 Å². The van der Waals surface area contributed by atoms with Crippen LogP contribution in [0.5, 0.6) is 23.0 Å². The van der Waals surface area contributed by atoms with Gasteiger partial charge in [0.2, 0.25) is 0 Å². The maximum atomic E-state index is 12.6. The molecule has 0 unspecified atom stereocenters. The van der Waals surface area contributed by atoms with Crippen LogP contribution in [0.2, 0.25) is 0 Å². The minimum absolute atomic E-state index is 0.268. The van der Waals surface area contributed by atoms with Crippen LogP contribution >= 0.6 is 22.6 Å². The fourth-order valence-corrected chi connectivity index (χ4v) is 2.79. The number of benzene rings is 2. The van der Waals surface area contributed by atoms with Gasteiger partial charge in [-0.3, -0.25) is 4.79 Å². The third-order valence-electron chi connectivity index (χ3n) is 3.33. The van der Waals surface area contributed by atoms with E-state index in [0.29, 0.717) is 34.2 Å². The first-order valence-electron chi connectivity index (χ1n) is 6.98. The van der Waals surface area contributed by atoms with Crippen molar-refractivity contribution in [2.24, 2.45) is 0 Å². The second-order valence-electron chi connectivity index (χ2n) is 4.74. The topological polar surface area (TPSA) is 66.0 Å². The molecule has 0 saturated heterocycles. The molecule has 1 N–H and O–H groups in total. The SMILES string of the molecule is COc1cc(NC(=O)c2cc(OC)c(OC)cc2I)cc(OC)c1. The molecule has 0 aliphatic rings. The summed E-state index contributed by atoms with van der Waals surface area (Å²) in [4.78, 5) is 12.6. The van der Waals surface area contributed by atoms with Crippen LogP contribution in [0, 0.1) is 3.57 Å². The van der Waals surface area contributed by atoms with Gasteiger partial charge >= 0.3 is 0 Å². The van der Waals surface area contributed by atoms with Crippen LogP contribution in [-0.2, 0) is 0 Å². The van der Waals surface area contributed by atoms with Crippen molar-refractivity contribution in [2.45, 2.75) is 0 Å². The Balaban J connectivity index is 2.33. The van der Waals surface area contributed by atoms with Crippen molar-refractivity contribution >= 4 is 34.2 Å². The quantitative estimate of drug-likeness (QED) is 0.692. The van der Waals surface area contributed by atoms with Gasteiger partial charge in [0.1, 0.15) is 11.5 Å². The van der Waals surface area contributed by atoms with Gasteiger partial charge < -0.3 is 24.3 Å². The van der Waals surface area contributed by atoms with E-state index >= 15 is 0 Å². The number of amides is 1. The molecule has 0 aliphatic heterocycles. The van der Waals surface area contributed by atoms with Crippen molar-refractivity contribution < 1.29 is 23.7 Å². The number of anilines is 1. The molecule has 0 spiro atoms. The Morgan fingerprint density at radius 2 is 1.38 bits per heavy atom. The van der Waals surface area contributed by atoms with E-state index in [1.807, 2.05) is 0 Å². The molecule has 0 fully saturated rings. The van der Waals surface area contributed by atoms with Gasteiger partial charge in [0.25, 0.3) is 5.91 Å². The Morgan fingerprint density at radius 3 is 1.88 bits per heavy atom. The number of nitrogens with one attached hydrogen (secondary N) is 1. The van der Waals surface area contributed by atoms with E-state index in [0.717, 1.165) is 3.57 Å². The van der Waals surface area contributed by atoms with Crippen LogP contribution in [0.4, 0.5) is 5.69 Å². The molecule has 1 amide bonds. The predicted octanol–water partition coefficient (Wildman–Crippen LogP) is 3.58. The van der Waals surface area contributed by atoms with Gasteiger partial charge in [-0.15, -0.1) is 0 Å². The summed E-state index contributed by atoms with van der Waals surface area (Å²) in [5.74, 6) is 1.97. The zero-order valence-electron chi connectivity index (χ0n) is 13.8. The molecule has 0 aromatic heterocycles. The van der Waals surface area contributed by atoms with E-state index in [9.17, 15) is 4.79 Å². The van der Waals surface area contributed by atoms with E-state index in [1.54, 1.807) is 51.7 Å².